The van der Waals surface area contributed by atoms with E-state index in [0.717, 1.165) is 0 Å². The summed E-state index contributed by atoms with van der Waals surface area (Å²) in [5, 5.41) is 0.951. The Hall–Kier alpha value is -1.06. The zero-order chi connectivity index (χ0) is 12.1. The van der Waals surface area contributed by atoms with Gasteiger partial charge in [0.2, 0.25) is 0 Å². The topological polar surface area (TPSA) is 43.4 Å². The molecule has 3 nitrogen and oxygen atoms in total. The van der Waals surface area contributed by atoms with Crippen molar-refractivity contribution >= 4 is 35.0 Å². The molecule has 0 N–H and O–H groups in total. The predicted octanol–water partition coefficient (Wildman–Crippen LogP) is 3.02. The lowest BCUT2D eigenvalue weighted by Crippen LogP contribution is -2.08. The SMILES string of the molecule is CC(=O)CC(=O)OCc1ccc(Cl)cc1Cl. The molecular formula is C11H10Cl2O3. The van der Waals surface area contributed by atoms with Gasteiger partial charge in [-0.2, -0.15) is 0 Å². The Morgan fingerprint density at radius 3 is 2.56 bits per heavy atom. The van der Waals surface area contributed by atoms with Crippen LogP contribution in [0.3, 0.4) is 0 Å². The molecule has 0 aliphatic rings. The van der Waals surface area contributed by atoms with Crippen molar-refractivity contribution in [2.24, 2.45) is 0 Å². The predicted molar refractivity (Wildman–Crippen MR) is 61.6 cm³/mol. The minimum Gasteiger partial charge on any atom is -0.460 e. The van der Waals surface area contributed by atoms with Crippen LogP contribution in [0.5, 0.6) is 0 Å². The van der Waals surface area contributed by atoms with Crippen LogP contribution in [0, 0.1) is 0 Å². The molecule has 0 saturated carbocycles. The molecule has 0 fully saturated rings. The van der Waals surface area contributed by atoms with Gasteiger partial charge in [0.1, 0.15) is 18.8 Å². The standard InChI is InChI=1S/C11H10Cl2O3/c1-7(14)4-11(15)16-6-8-2-3-9(12)5-10(8)13/h2-3,5H,4,6H2,1H3. The van der Waals surface area contributed by atoms with Crippen molar-refractivity contribution < 1.29 is 14.3 Å². The molecule has 0 atom stereocenters. The van der Waals surface area contributed by atoms with Gasteiger partial charge in [-0.3, -0.25) is 9.59 Å². The zero-order valence-corrected chi connectivity index (χ0v) is 10.1. The van der Waals surface area contributed by atoms with E-state index in [2.05, 4.69) is 0 Å². The summed E-state index contributed by atoms with van der Waals surface area (Å²) in [7, 11) is 0. The first-order valence-corrected chi connectivity index (χ1v) is 5.33. The Labute approximate surface area is 103 Å². The van der Waals surface area contributed by atoms with Crippen LogP contribution < -0.4 is 0 Å². The fraction of sp³-hybridized carbons (Fsp3) is 0.273. The normalized spacial score (nSPS) is 9.94. The largest absolute Gasteiger partial charge is 0.460 e. The van der Waals surface area contributed by atoms with E-state index in [9.17, 15) is 9.59 Å². The number of Topliss-reactive ketones (excluding diaryl/α,β-unsaturated/α-hetero) is 1. The summed E-state index contributed by atoms with van der Waals surface area (Å²) in [4.78, 5) is 21.7. The number of hydrogen-bond donors (Lipinski definition) is 0. The fourth-order valence-corrected chi connectivity index (χ4v) is 1.51. The third-order valence-electron chi connectivity index (χ3n) is 1.80. The van der Waals surface area contributed by atoms with E-state index >= 15 is 0 Å². The molecule has 86 valence electrons. The maximum atomic E-state index is 11.1. The molecule has 0 radical (unpaired) electrons. The van der Waals surface area contributed by atoms with E-state index in [1.165, 1.54) is 6.92 Å². The molecule has 5 heteroatoms. The summed E-state index contributed by atoms with van der Waals surface area (Å²) in [5.41, 5.74) is 0.656. The van der Waals surface area contributed by atoms with Gasteiger partial charge in [-0.05, 0) is 19.1 Å². The third kappa shape index (κ3) is 4.21. The van der Waals surface area contributed by atoms with Gasteiger partial charge in [0, 0.05) is 15.6 Å². The van der Waals surface area contributed by atoms with Gasteiger partial charge in [0.15, 0.2) is 0 Å². The highest BCUT2D eigenvalue weighted by Gasteiger charge is 2.08. The average Bonchev–Trinajstić information content (AvgIpc) is 2.15. The van der Waals surface area contributed by atoms with E-state index in [0.29, 0.717) is 15.6 Å². The number of carbonyl (C=O) groups is 2. The number of ether oxygens (including phenoxy) is 1. The molecule has 1 aromatic rings. The zero-order valence-electron chi connectivity index (χ0n) is 8.63. The summed E-state index contributed by atoms with van der Waals surface area (Å²) in [6.07, 6.45) is -0.217. The van der Waals surface area contributed by atoms with Gasteiger partial charge in [0.25, 0.3) is 0 Å². The van der Waals surface area contributed by atoms with Crippen LogP contribution in [0.4, 0.5) is 0 Å². The van der Waals surface area contributed by atoms with Gasteiger partial charge in [-0.15, -0.1) is 0 Å². The smallest absolute Gasteiger partial charge is 0.313 e. The molecule has 0 aliphatic heterocycles. The molecule has 0 bridgehead atoms. The minimum absolute atomic E-state index is 0.0438. The lowest BCUT2D eigenvalue weighted by atomic mass is 10.2. The average molecular weight is 261 g/mol. The lowest BCUT2D eigenvalue weighted by molar-refractivity contribution is -0.146. The third-order valence-corrected chi connectivity index (χ3v) is 2.38. The Balaban J connectivity index is 2.54. The van der Waals surface area contributed by atoms with Gasteiger partial charge in [0.05, 0.1) is 0 Å². The maximum Gasteiger partial charge on any atom is 0.313 e. The van der Waals surface area contributed by atoms with Gasteiger partial charge in [-0.25, -0.2) is 0 Å². The molecule has 0 spiro atoms. The quantitative estimate of drug-likeness (QED) is 0.618. The molecule has 0 saturated heterocycles. The number of carbonyl (C=O) groups excluding carboxylic acids is 2. The molecule has 0 heterocycles. The van der Waals surface area contributed by atoms with E-state index in [1.54, 1.807) is 18.2 Å². The number of halogens is 2. The summed E-state index contributed by atoms with van der Waals surface area (Å²) in [5.74, 6) is -0.786. The molecule has 0 aromatic heterocycles. The molecule has 16 heavy (non-hydrogen) atoms. The highest BCUT2D eigenvalue weighted by molar-refractivity contribution is 6.35. The van der Waals surface area contributed by atoms with Crippen molar-refractivity contribution in [3.8, 4) is 0 Å². The minimum atomic E-state index is -0.557. The second kappa shape index (κ2) is 5.87. The lowest BCUT2D eigenvalue weighted by Gasteiger charge is -2.05. The second-order valence-electron chi connectivity index (χ2n) is 3.28. The number of hydrogen-bond acceptors (Lipinski definition) is 3. The number of ketones is 1. The van der Waals surface area contributed by atoms with Gasteiger partial charge in [-0.1, -0.05) is 29.3 Å². The van der Waals surface area contributed by atoms with Crippen LogP contribution in [0.25, 0.3) is 0 Å². The van der Waals surface area contributed by atoms with Crippen molar-refractivity contribution in [1.29, 1.82) is 0 Å². The van der Waals surface area contributed by atoms with Crippen molar-refractivity contribution in [1.82, 2.24) is 0 Å². The number of benzene rings is 1. The van der Waals surface area contributed by atoms with Crippen molar-refractivity contribution in [2.75, 3.05) is 0 Å². The van der Waals surface area contributed by atoms with Crippen molar-refractivity contribution in [2.45, 2.75) is 20.0 Å². The van der Waals surface area contributed by atoms with Gasteiger partial charge < -0.3 is 4.74 Å². The van der Waals surface area contributed by atoms with Crippen molar-refractivity contribution in [3.05, 3.63) is 33.8 Å². The van der Waals surface area contributed by atoms with E-state index < -0.39 is 5.97 Å². The Kier molecular flexibility index (Phi) is 4.77. The van der Waals surface area contributed by atoms with Crippen LogP contribution >= 0.6 is 23.2 Å². The molecule has 0 unspecified atom stereocenters. The molecule has 0 aliphatic carbocycles. The van der Waals surface area contributed by atoms with E-state index in [1.807, 2.05) is 0 Å². The number of rotatable bonds is 4. The first-order valence-electron chi connectivity index (χ1n) is 4.58. The van der Waals surface area contributed by atoms with Crippen LogP contribution in [0.2, 0.25) is 10.0 Å². The van der Waals surface area contributed by atoms with Crippen molar-refractivity contribution in [3.63, 3.8) is 0 Å². The Morgan fingerprint density at radius 1 is 1.31 bits per heavy atom. The van der Waals surface area contributed by atoms with Crippen LogP contribution in [-0.2, 0) is 20.9 Å². The number of esters is 1. The molecule has 0 amide bonds. The van der Waals surface area contributed by atoms with Gasteiger partial charge >= 0.3 is 5.97 Å². The highest BCUT2D eigenvalue weighted by atomic mass is 35.5. The Bertz CT molecular complexity index is 416. The highest BCUT2D eigenvalue weighted by Crippen LogP contribution is 2.21. The summed E-state index contributed by atoms with van der Waals surface area (Å²) >= 11 is 11.6. The first-order chi connectivity index (χ1) is 7.49. The summed E-state index contributed by atoms with van der Waals surface area (Å²) in [6, 6.07) is 4.89. The fourth-order valence-electron chi connectivity index (χ4n) is 1.05. The van der Waals surface area contributed by atoms with E-state index in [4.69, 9.17) is 27.9 Å². The monoisotopic (exact) mass is 260 g/mol. The molecule has 1 aromatic carbocycles. The first kappa shape index (κ1) is 13.0. The molecule has 1 rings (SSSR count). The van der Waals surface area contributed by atoms with Crippen LogP contribution in [0.15, 0.2) is 18.2 Å². The Morgan fingerprint density at radius 2 is 2.00 bits per heavy atom. The maximum absolute atomic E-state index is 11.1. The second-order valence-corrected chi connectivity index (χ2v) is 4.12. The molecular weight excluding hydrogens is 251 g/mol. The van der Waals surface area contributed by atoms with E-state index in [-0.39, 0.29) is 18.8 Å². The van der Waals surface area contributed by atoms with Crippen LogP contribution in [0.1, 0.15) is 18.9 Å². The summed E-state index contributed by atoms with van der Waals surface area (Å²) < 4.78 is 4.87. The summed E-state index contributed by atoms with van der Waals surface area (Å²) in [6.45, 7) is 1.37. The van der Waals surface area contributed by atoms with Crippen LogP contribution in [-0.4, -0.2) is 11.8 Å².